The molecule has 0 aliphatic heterocycles. The minimum absolute atomic E-state index is 0.253. The van der Waals surface area contributed by atoms with E-state index in [0.29, 0.717) is 10.7 Å². The molecule has 0 saturated carbocycles. The number of rotatable bonds is 5. The lowest BCUT2D eigenvalue weighted by molar-refractivity contribution is -0.140. The van der Waals surface area contributed by atoms with E-state index >= 15 is 0 Å². The van der Waals surface area contributed by atoms with E-state index in [-0.39, 0.29) is 17.2 Å². The second-order valence-electron chi connectivity index (χ2n) is 4.02. The van der Waals surface area contributed by atoms with Crippen LogP contribution in [0.5, 0.6) is 0 Å². The van der Waals surface area contributed by atoms with Gasteiger partial charge in [-0.15, -0.1) is 0 Å². The second-order valence-corrected chi connectivity index (χ2v) is 4.84. The van der Waals surface area contributed by atoms with Crippen molar-refractivity contribution in [1.29, 1.82) is 0 Å². The van der Waals surface area contributed by atoms with Crippen LogP contribution < -0.4 is 10.6 Å². The molecule has 3 N–H and O–H groups in total. The number of carbonyl (C=O) groups excluding carboxylic acids is 2. The zero-order valence-corrected chi connectivity index (χ0v) is 12.0. The minimum Gasteiger partial charge on any atom is -0.480 e. The molecule has 0 bridgehead atoms. The number of ketones is 1. The Balaban J connectivity index is 2.67. The van der Waals surface area contributed by atoms with Crippen molar-refractivity contribution in [1.82, 2.24) is 5.32 Å². The van der Waals surface area contributed by atoms with Gasteiger partial charge in [-0.05, 0) is 25.1 Å². The largest absolute Gasteiger partial charge is 0.480 e. The molecule has 0 spiro atoms. The topological polar surface area (TPSA) is 95.5 Å². The number of nitrogens with one attached hydrogen (secondary N) is 2. The standard InChI is InChI=1S/C12H12Cl2N2O4/c1-6(17)4-10(11(18)19)16-12(20)15-7-2-3-8(13)9(14)5-7/h2-3,5,10H,4H2,1H3,(H,18,19)(H2,15,16,20). The molecule has 6 nitrogen and oxygen atoms in total. The van der Waals surface area contributed by atoms with Crippen molar-refractivity contribution in [3.05, 3.63) is 28.2 Å². The van der Waals surface area contributed by atoms with E-state index in [4.69, 9.17) is 28.3 Å². The lowest BCUT2D eigenvalue weighted by atomic mass is 10.1. The first-order chi connectivity index (χ1) is 9.29. The van der Waals surface area contributed by atoms with Crippen LogP contribution in [0.4, 0.5) is 10.5 Å². The van der Waals surface area contributed by atoms with Gasteiger partial charge in [0.05, 0.1) is 10.0 Å². The van der Waals surface area contributed by atoms with Gasteiger partial charge in [0.15, 0.2) is 0 Å². The molecule has 0 aliphatic carbocycles. The maximum absolute atomic E-state index is 11.6. The fourth-order valence-electron chi connectivity index (χ4n) is 1.39. The number of amides is 2. The van der Waals surface area contributed by atoms with Gasteiger partial charge >= 0.3 is 12.0 Å². The van der Waals surface area contributed by atoms with Crippen LogP contribution in [0.1, 0.15) is 13.3 Å². The van der Waals surface area contributed by atoms with Gasteiger partial charge in [-0.25, -0.2) is 9.59 Å². The second kappa shape index (κ2) is 7.12. The van der Waals surface area contributed by atoms with Crippen molar-refractivity contribution in [3.8, 4) is 0 Å². The summed E-state index contributed by atoms with van der Waals surface area (Å²) < 4.78 is 0. The average molecular weight is 319 g/mol. The summed E-state index contributed by atoms with van der Waals surface area (Å²) in [5.74, 6) is -1.63. The number of Topliss-reactive ketones (excluding diaryl/α,β-unsaturated/α-hetero) is 1. The van der Waals surface area contributed by atoms with E-state index in [1.165, 1.54) is 25.1 Å². The number of hydrogen-bond donors (Lipinski definition) is 3. The molecule has 1 atom stereocenters. The van der Waals surface area contributed by atoms with Crippen LogP contribution in [0, 0.1) is 0 Å². The molecule has 0 heterocycles. The SMILES string of the molecule is CC(=O)CC(NC(=O)Nc1ccc(Cl)c(Cl)c1)C(=O)O. The summed E-state index contributed by atoms with van der Waals surface area (Å²) in [5, 5.41) is 14.1. The number of anilines is 1. The molecule has 0 radical (unpaired) electrons. The van der Waals surface area contributed by atoms with Crippen LogP contribution in [0.3, 0.4) is 0 Å². The Bertz CT molecular complexity index is 548. The van der Waals surface area contributed by atoms with Crippen LogP contribution >= 0.6 is 23.2 Å². The highest BCUT2D eigenvalue weighted by Crippen LogP contribution is 2.24. The van der Waals surface area contributed by atoms with E-state index in [9.17, 15) is 14.4 Å². The van der Waals surface area contributed by atoms with Crippen molar-refractivity contribution < 1.29 is 19.5 Å². The quantitative estimate of drug-likeness (QED) is 0.777. The van der Waals surface area contributed by atoms with Gasteiger partial charge < -0.3 is 15.7 Å². The normalized spacial score (nSPS) is 11.6. The molecule has 1 unspecified atom stereocenters. The molecule has 0 saturated heterocycles. The van der Waals surface area contributed by atoms with Gasteiger partial charge in [-0.2, -0.15) is 0 Å². The van der Waals surface area contributed by atoms with Crippen LogP contribution in [0.2, 0.25) is 10.0 Å². The van der Waals surface area contributed by atoms with Gasteiger partial charge in [0.1, 0.15) is 11.8 Å². The fraction of sp³-hybridized carbons (Fsp3) is 0.250. The highest BCUT2D eigenvalue weighted by atomic mass is 35.5. The maximum atomic E-state index is 11.6. The first-order valence-corrected chi connectivity index (χ1v) is 6.30. The monoisotopic (exact) mass is 318 g/mol. The van der Waals surface area contributed by atoms with Crippen molar-refractivity contribution >= 4 is 46.7 Å². The Morgan fingerprint density at radius 2 is 1.90 bits per heavy atom. The number of benzene rings is 1. The minimum atomic E-state index is -1.29. The Morgan fingerprint density at radius 3 is 2.40 bits per heavy atom. The summed E-state index contributed by atoms with van der Waals surface area (Å²) in [4.78, 5) is 33.4. The van der Waals surface area contributed by atoms with Crippen LogP contribution in [-0.4, -0.2) is 28.9 Å². The Labute approximate surface area is 125 Å². The van der Waals surface area contributed by atoms with E-state index in [0.717, 1.165) is 0 Å². The van der Waals surface area contributed by atoms with Gasteiger partial charge in [0, 0.05) is 12.1 Å². The van der Waals surface area contributed by atoms with Crippen LogP contribution in [-0.2, 0) is 9.59 Å². The lowest BCUT2D eigenvalue weighted by Gasteiger charge is -2.14. The molecule has 1 rings (SSSR count). The Kier molecular flexibility index (Phi) is 5.79. The number of carboxylic acids is 1. The Morgan fingerprint density at radius 1 is 1.25 bits per heavy atom. The average Bonchev–Trinajstić information content (AvgIpc) is 2.32. The highest BCUT2D eigenvalue weighted by Gasteiger charge is 2.21. The summed E-state index contributed by atoms with van der Waals surface area (Å²) in [5.41, 5.74) is 0.351. The van der Waals surface area contributed by atoms with Gasteiger partial charge in [0.2, 0.25) is 0 Å². The number of carbonyl (C=O) groups is 3. The zero-order valence-electron chi connectivity index (χ0n) is 10.4. The van der Waals surface area contributed by atoms with Crippen LogP contribution in [0.25, 0.3) is 0 Å². The van der Waals surface area contributed by atoms with Gasteiger partial charge in [0.25, 0.3) is 0 Å². The highest BCUT2D eigenvalue weighted by molar-refractivity contribution is 6.42. The molecule has 1 aromatic carbocycles. The fourth-order valence-corrected chi connectivity index (χ4v) is 1.68. The van der Waals surface area contributed by atoms with E-state index in [1.807, 2.05) is 0 Å². The number of carboxylic acid groups (broad SMARTS) is 1. The molecule has 8 heteroatoms. The predicted molar refractivity (Wildman–Crippen MR) is 75.3 cm³/mol. The third-order valence-electron chi connectivity index (χ3n) is 2.27. The summed E-state index contributed by atoms with van der Waals surface area (Å²) >= 11 is 11.5. The van der Waals surface area contributed by atoms with Gasteiger partial charge in [-0.3, -0.25) is 4.79 Å². The molecule has 20 heavy (non-hydrogen) atoms. The summed E-state index contributed by atoms with van der Waals surface area (Å²) in [7, 11) is 0. The van der Waals surface area contributed by atoms with E-state index in [2.05, 4.69) is 10.6 Å². The van der Waals surface area contributed by atoms with E-state index in [1.54, 1.807) is 0 Å². The molecule has 2 amide bonds. The van der Waals surface area contributed by atoms with Crippen molar-refractivity contribution in [3.63, 3.8) is 0 Å². The molecule has 1 aromatic rings. The predicted octanol–water partition coefficient (Wildman–Crippen LogP) is 2.55. The third-order valence-corrected chi connectivity index (χ3v) is 3.01. The summed E-state index contributed by atoms with van der Waals surface area (Å²) in [6.45, 7) is 1.24. The van der Waals surface area contributed by atoms with Crippen molar-refractivity contribution in [2.45, 2.75) is 19.4 Å². The van der Waals surface area contributed by atoms with Gasteiger partial charge in [-0.1, -0.05) is 23.2 Å². The number of urea groups is 1. The molecular formula is C12H12Cl2N2O4. The summed E-state index contributed by atoms with van der Waals surface area (Å²) in [6.07, 6.45) is -0.288. The number of halogens is 2. The number of aliphatic carboxylic acids is 1. The third kappa shape index (κ3) is 5.07. The van der Waals surface area contributed by atoms with E-state index < -0.39 is 18.0 Å². The van der Waals surface area contributed by atoms with Crippen molar-refractivity contribution in [2.24, 2.45) is 0 Å². The first kappa shape index (κ1) is 16.3. The molecule has 108 valence electrons. The zero-order chi connectivity index (χ0) is 15.3. The first-order valence-electron chi connectivity index (χ1n) is 5.54. The molecule has 0 aliphatic rings. The van der Waals surface area contributed by atoms with Crippen molar-refractivity contribution in [2.75, 3.05) is 5.32 Å². The van der Waals surface area contributed by atoms with Crippen LogP contribution in [0.15, 0.2) is 18.2 Å². The Hall–Kier alpha value is -1.79. The molecule has 0 aromatic heterocycles. The summed E-state index contributed by atoms with van der Waals surface area (Å²) in [6, 6.07) is 2.38. The smallest absolute Gasteiger partial charge is 0.326 e. The lowest BCUT2D eigenvalue weighted by Crippen LogP contribution is -2.44. The maximum Gasteiger partial charge on any atom is 0.326 e. The molecule has 0 fully saturated rings. The molecular weight excluding hydrogens is 307 g/mol. The number of hydrogen-bond acceptors (Lipinski definition) is 3.